The number of amides is 2. The van der Waals surface area contributed by atoms with E-state index in [9.17, 15) is 9.59 Å². The van der Waals surface area contributed by atoms with Crippen LogP contribution in [0.25, 0.3) is 0 Å². The second kappa shape index (κ2) is 7.38. The van der Waals surface area contributed by atoms with Gasteiger partial charge in [-0.1, -0.05) is 0 Å². The highest BCUT2D eigenvalue weighted by molar-refractivity contribution is 5.92. The largest absolute Gasteiger partial charge is 0.368 e. The van der Waals surface area contributed by atoms with E-state index in [1.807, 2.05) is 0 Å². The molecule has 0 aliphatic carbocycles. The predicted octanol–water partition coefficient (Wildman–Crippen LogP) is -0.809. The van der Waals surface area contributed by atoms with E-state index in [2.05, 4.69) is 25.7 Å². The van der Waals surface area contributed by atoms with E-state index in [0.29, 0.717) is 37.4 Å². The number of hydrogen-bond donors (Lipinski definition) is 3. The zero-order valence-corrected chi connectivity index (χ0v) is 14.8. The molecule has 0 saturated carbocycles. The van der Waals surface area contributed by atoms with Crippen molar-refractivity contribution in [3.8, 4) is 0 Å². The van der Waals surface area contributed by atoms with Crippen molar-refractivity contribution >= 4 is 23.6 Å². The topological polar surface area (TPSA) is 131 Å². The van der Waals surface area contributed by atoms with Crippen molar-refractivity contribution in [2.75, 3.05) is 37.7 Å². The number of carbonyl (C=O) groups is 2. The number of carbonyl (C=O) groups excluding carboxylic acids is 2. The van der Waals surface area contributed by atoms with E-state index in [1.165, 1.54) is 0 Å². The number of anilines is 2. The standard InChI is InChI=1S/C16H22N8O2/c1-18-13(25)9-19-14-10-3-7-24(8-5-11(10)20-16(17)21-14)15(26)12-4-6-23(2)22-12/h4,6H,3,5,7-9H2,1-2H3,(H,18,25)(H3,17,19,20,21). The van der Waals surface area contributed by atoms with Gasteiger partial charge in [0.25, 0.3) is 5.91 Å². The summed E-state index contributed by atoms with van der Waals surface area (Å²) < 4.78 is 1.60. The van der Waals surface area contributed by atoms with E-state index in [1.54, 1.807) is 35.9 Å². The van der Waals surface area contributed by atoms with Gasteiger partial charge in [0.2, 0.25) is 11.9 Å². The van der Waals surface area contributed by atoms with E-state index in [-0.39, 0.29) is 24.3 Å². The van der Waals surface area contributed by atoms with Gasteiger partial charge in [-0.15, -0.1) is 0 Å². The molecule has 3 heterocycles. The molecule has 0 aromatic carbocycles. The Kier molecular flexibility index (Phi) is 5.01. The van der Waals surface area contributed by atoms with Gasteiger partial charge < -0.3 is 21.3 Å². The van der Waals surface area contributed by atoms with E-state index in [4.69, 9.17) is 5.73 Å². The van der Waals surface area contributed by atoms with Crippen LogP contribution in [-0.4, -0.2) is 63.1 Å². The van der Waals surface area contributed by atoms with Gasteiger partial charge in [0.05, 0.1) is 12.2 Å². The molecule has 0 bridgehead atoms. The van der Waals surface area contributed by atoms with Gasteiger partial charge >= 0.3 is 0 Å². The number of hydrogen-bond acceptors (Lipinski definition) is 7. The van der Waals surface area contributed by atoms with Gasteiger partial charge in [-0.2, -0.15) is 10.1 Å². The Morgan fingerprint density at radius 1 is 1.27 bits per heavy atom. The smallest absolute Gasteiger partial charge is 0.274 e. The minimum atomic E-state index is -0.156. The fourth-order valence-corrected chi connectivity index (χ4v) is 2.91. The highest BCUT2D eigenvalue weighted by atomic mass is 16.2. The van der Waals surface area contributed by atoms with Crippen LogP contribution in [0, 0.1) is 0 Å². The van der Waals surface area contributed by atoms with Crippen LogP contribution in [0.4, 0.5) is 11.8 Å². The number of fused-ring (bicyclic) bond motifs is 1. The van der Waals surface area contributed by atoms with Crippen LogP contribution in [0.15, 0.2) is 12.3 Å². The highest BCUT2D eigenvalue weighted by Gasteiger charge is 2.24. The molecular formula is C16H22N8O2. The molecule has 3 rings (SSSR count). The van der Waals surface area contributed by atoms with Gasteiger partial charge in [0.1, 0.15) is 11.5 Å². The summed E-state index contributed by atoms with van der Waals surface area (Å²) in [7, 11) is 3.35. The number of nitrogens with one attached hydrogen (secondary N) is 2. The first kappa shape index (κ1) is 17.6. The fourth-order valence-electron chi connectivity index (χ4n) is 2.91. The molecule has 0 fully saturated rings. The maximum absolute atomic E-state index is 12.6. The van der Waals surface area contributed by atoms with Crippen molar-refractivity contribution in [2.45, 2.75) is 12.8 Å². The molecular weight excluding hydrogens is 336 g/mol. The summed E-state index contributed by atoms with van der Waals surface area (Å²) in [4.78, 5) is 34.4. The molecule has 1 aliphatic heterocycles. The second-order valence-electron chi connectivity index (χ2n) is 6.05. The third-order valence-corrected chi connectivity index (χ3v) is 4.28. The number of aryl methyl sites for hydroxylation is 1. The molecule has 0 atom stereocenters. The molecule has 26 heavy (non-hydrogen) atoms. The third kappa shape index (κ3) is 3.73. The van der Waals surface area contributed by atoms with Crippen LogP contribution in [0.3, 0.4) is 0 Å². The van der Waals surface area contributed by atoms with Gasteiger partial charge in [-0.05, 0) is 12.5 Å². The summed E-state index contributed by atoms with van der Waals surface area (Å²) in [5, 5.41) is 9.73. The Hall–Kier alpha value is -3.17. The number of nitrogens with two attached hydrogens (primary N) is 1. The van der Waals surface area contributed by atoms with Gasteiger partial charge in [-0.3, -0.25) is 14.3 Å². The highest BCUT2D eigenvalue weighted by Crippen LogP contribution is 2.22. The van der Waals surface area contributed by atoms with Crippen LogP contribution >= 0.6 is 0 Å². The first-order valence-corrected chi connectivity index (χ1v) is 8.36. The van der Waals surface area contributed by atoms with Crippen LogP contribution in [-0.2, 0) is 24.7 Å². The van der Waals surface area contributed by atoms with Crippen molar-refractivity contribution in [1.29, 1.82) is 0 Å². The van der Waals surface area contributed by atoms with Gasteiger partial charge in [0.15, 0.2) is 0 Å². The van der Waals surface area contributed by atoms with Crippen molar-refractivity contribution in [2.24, 2.45) is 7.05 Å². The van der Waals surface area contributed by atoms with E-state index < -0.39 is 0 Å². The molecule has 2 aromatic heterocycles. The predicted molar refractivity (Wildman–Crippen MR) is 95.5 cm³/mol. The number of likely N-dealkylation sites (N-methyl/N-ethyl adjacent to an activating group) is 1. The summed E-state index contributed by atoms with van der Waals surface area (Å²) in [6.07, 6.45) is 2.88. The Morgan fingerprint density at radius 2 is 2.04 bits per heavy atom. The molecule has 0 radical (unpaired) electrons. The zero-order valence-electron chi connectivity index (χ0n) is 14.8. The lowest BCUT2D eigenvalue weighted by Gasteiger charge is -2.18. The number of nitrogens with zero attached hydrogens (tertiary/aromatic N) is 5. The van der Waals surface area contributed by atoms with Gasteiger partial charge in [0, 0.05) is 45.4 Å². The molecule has 4 N–H and O–H groups in total. The average molecular weight is 358 g/mol. The molecule has 0 unspecified atom stereocenters. The van der Waals surface area contributed by atoms with E-state index >= 15 is 0 Å². The molecule has 0 saturated heterocycles. The minimum Gasteiger partial charge on any atom is -0.368 e. The summed E-state index contributed by atoms with van der Waals surface area (Å²) in [6, 6.07) is 1.70. The van der Waals surface area contributed by atoms with Crippen molar-refractivity contribution < 1.29 is 9.59 Å². The number of nitrogen functional groups attached to an aromatic ring is 1. The quantitative estimate of drug-likeness (QED) is 0.651. The maximum Gasteiger partial charge on any atom is 0.274 e. The molecule has 138 valence electrons. The summed E-state index contributed by atoms with van der Waals surface area (Å²) >= 11 is 0. The lowest BCUT2D eigenvalue weighted by molar-refractivity contribution is -0.118. The van der Waals surface area contributed by atoms with Crippen molar-refractivity contribution in [3.63, 3.8) is 0 Å². The average Bonchev–Trinajstić information content (AvgIpc) is 2.94. The second-order valence-corrected chi connectivity index (χ2v) is 6.05. The molecule has 2 amide bonds. The Bertz CT molecular complexity index is 832. The minimum absolute atomic E-state index is 0.0932. The normalized spacial score (nSPS) is 13.7. The van der Waals surface area contributed by atoms with Crippen LogP contribution in [0.2, 0.25) is 0 Å². The SMILES string of the molecule is CNC(=O)CNc1nc(N)nc2c1CCN(C(=O)c1ccn(C)n1)CC2. The number of aromatic nitrogens is 4. The Balaban J connectivity index is 1.78. The molecule has 10 heteroatoms. The van der Waals surface area contributed by atoms with Crippen LogP contribution in [0.1, 0.15) is 21.7 Å². The third-order valence-electron chi connectivity index (χ3n) is 4.28. The fraction of sp³-hybridized carbons (Fsp3) is 0.438. The maximum atomic E-state index is 12.6. The van der Waals surface area contributed by atoms with E-state index in [0.717, 1.165) is 11.3 Å². The molecule has 2 aromatic rings. The Labute approximate surface area is 150 Å². The van der Waals surface area contributed by atoms with Gasteiger partial charge in [-0.25, -0.2) is 4.98 Å². The van der Waals surface area contributed by atoms with Crippen molar-refractivity contribution in [1.82, 2.24) is 30.0 Å². The van der Waals surface area contributed by atoms with Crippen LogP contribution in [0.5, 0.6) is 0 Å². The lowest BCUT2D eigenvalue weighted by Crippen LogP contribution is -2.33. The zero-order chi connectivity index (χ0) is 18.7. The first-order chi connectivity index (χ1) is 12.5. The lowest BCUT2D eigenvalue weighted by atomic mass is 10.1. The monoisotopic (exact) mass is 358 g/mol. The first-order valence-electron chi connectivity index (χ1n) is 8.36. The summed E-state index contributed by atoms with van der Waals surface area (Å²) in [6.45, 7) is 1.13. The summed E-state index contributed by atoms with van der Waals surface area (Å²) in [5.41, 5.74) is 7.91. The van der Waals surface area contributed by atoms with Crippen molar-refractivity contribution in [3.05, 3.63) is 29.2 Å². The number of rotatable bonds is 4. The molecule has 0 spiro atoms. The molecule has 1 aliphatic rings. The summed E-state index contributed by atoms with van der Waals surface area (Å²) in [5.74, 6) is 0.423. The van der Waals surface area contributed by atoms with Crippen LogP contribution < -0.4 is 16.4 Å². The Morgan fingerprint density at radius 3 is 2.73 bits per heavy atom. The molecule has 10 nitrogen and oxygen atoms in total.